The van der Waals surface area contributed by atoms with Crippen molar-refractivity contribution in [1.29, 1.82) is 0 Å². The molecule has 22 heavy (non-hydrogen) atoms. The van der Waals surface area contributed by atoms with Gasteiger partial charge in [-0.25, -0.2) is 4.98 Å². The van der Waals surface area contributed by atoms with Gasteiger partial charge in [-0.15, -0.1) is 0 Å². The first-order valence-electron chi connectivity index (χ1n) is 7.50. The molecule has 1 amide bonds. The van der Waals surface area contributed by atoms with E-state index in [0.717, 1.165) is 24.3 Å². The molecule has 7 heteroatoms. The quantitative estimate of drug-likeness (QED) is 0.611. The summed E-state index contributed by atoms with van der Waals surface area (Å²) in [6.07, 6.45) is 3.32. The van der Waals surface area contributed by atoms with E-state index in [1.165, 1.54) is 0 Å². The van der Waals surface area contributed by atoms with Crippen molar-refractivity contribution < 1.29 is 19.2 Å². The molecule has 1 aromatic rings. The molecule has 0 saturated carbocycles. The third kappa shape index (κ3) is 4.68. The number of likely N-dealkylation sites (tertiary alicyclic amines) is 1. The summed E-state index contributed by atoms with van der Waals surface area (Å²) < 4.78 is 5.07. The van der Waals surface area contributed by atoms with Crippen LogP contribution in [0.25, 0.3) is 0 Å². The van der Waals surface area contributed by atoms with Crippen LogP contribution >= 0.6 is 11.6 Å². The molecule has 2 atom stereocenters. The van der Waals surface area contributed by atoms with E-state index in [-0.39, 0.29) is 22.9 Å². The molecule has 2 heterocycles. The number of quaternary nitrogens is 1. The van der Waals surface area contributed by atoms with Crippen LogP contribution in [0.5, 0.6) is 0 Å². The van der Waals surface area contributed by atoms with Crippen LogP contribution in [0.1, 0.15) is 19.8 Å². The number of anilines is 1. The summed E-state index contributed by atoms with van der Waals surface area (Å²) in [4.78, 5) is 28.9. The van der Waals surface area contributed by atoms with E-state index < -0.39 is 0 Å². The molecule has 1 aliphatic rings. The normalized spacial score (nSPS) is 21.2. The number of rotatable bonds is 5. The first-order chi connectivity index (χ1) is 10.6. The highest BCUT2D eigenvalue weighted by molar-refractivity contribution is 6.32. The van der Waals surface area contributed by atoms with E-state index in [2.05, 4.69) is 10.3 Å². The lowest BCUT2D eigenvalue weighted by Crippen LogP contribution is -3.14. The second-order valence-electron chi connectivity index (χ2n) is 5.36. The van der Waals surface area contributed by atoms with E-state index in [1.54, 1.807) is 25.3 Å². The van der Waals surface area contributed by atoms with Gasteiger partial charge in [0.05, 0.1) is 25.4 Å². The van der Waals surface area contributed by atoms with Crippen LogP contribution < -0.4 is 10.2 Å². The fraction of sp³-hybridized carbons (Fsp3) is 0.533. The summed E-state index contributed by atoms with van der Waals surface area (Å²) >= 11 is 5.92. The number of carbonyl (C=O) groups is 2. The summed E-state index contributed by atoms with van der Waals surface area (Å²) in [5.74, 6) is -0.400. The Labute approximate surface area is 134 Å². The Morgan fingerprint density at radius 3 is 3.09 bits per heavy atom. The number of nitrogens with zero attached hydrogens (tertiary/aromatic N) is 1. The van der Waals surface area contributed by atoms with Crippen molar-refractivity contribution in [2.24, 2.45) is 5.92 Å². The molecule has 1 aliphatic heterocycles. The zero-order valence-corrected chi connectivity index (χ0v) is 13.4. The number of pyridine rings is 1. The average molecular weight is 327 g/mol. The zero-order chi connectivity index (χ0) is 15.9. The highest BCUT2D eigenvalue weighted by atomic mass is 35.5. The second kappa shape index (κ2) is 8.10. The number of esters is 1. The number of aromatic nitrogens is 1. The predicted octanol–water partition coefficient (Wildman–Crippen LogP) is 0.531. The van der Waals surface area contributed by atoms with E-state index in [4.69, 9.17) is 16.3 Å². The topological polar surface area (TPSA) is 72.7 Å². The van der Waals surface area contributed by atoms with E-state index >= 15 is 0 Å². The molecule has 6 nitrogen and oxygen atoms in total. The number of hydrogen-bond acceptors (Lipinski definition) is 4. The van der Waals surface area contributed by atoms with Crippen molar-refractivity contribution in [2.75, 3.05) is 31.6 Å². The van der Waals surface area contributed by atoms with Gasteiger partial charge in [-0.2, -0.15) is 0 Å². The number of hydrogen-bond donors (Lipinski definition) is 2. The standard InChI is InChI=1S/C15H20ClN3O3/c1-2-22-15(21)11-5-4-8-19(9-11)10-13(20)18-12-6-3-7-17-14(12)16/h3,6-7,11H,2,4-5,8-10H2,1H3,(H,18,20)/p+1/t11-/m0/s1. The molecule has 0 aromatic carbocycles. The van der Waals surface area contributed by atoms with Crippen LogP contribution in [0.4, 0.5) is 5.69 Å². The van der Waals surface area contributed by atoms with Gasteiger partial charge in [-0.1, -0.05) is 11.6 Å². The van der Waals surface area contributed by atoms with Gasteiger partial charge in [0.2, 0.25) is 0 Å². The highest BCUT2D eigenvalue weighted by Crippen LogP contribution is 2.17. The van der Waals surface area contributed by atoms with Crippen molar-refractivity contribution in [3.63, 3.8) is 0 Å². The van der Waals surface area contributed by atoms with Gasteiger partial charge in [-0.3, -0.25) is 9.59 Å². The molecular formula is C15H21ClN3O3+. The number of amides is 1. The number of ether oxygens (including phenoxy) is 1. The van der Waals surface area contributed by atoms with Crippen LogP contribution in [-0.4, -0.2) is 43.1 Å². The fourth-order valence-corrected chi connectivity index (χ4v) is 2.84. The van der Waals surface area contributed by atoms with E-state index in [9.17, 15) is 9.59 Å². The SMILES string of the molecule is CCOC(=O)[C@H]1CCC[NH+](CC(=O)Nc2cccnc2Cl)C1. The lowest BCUT2D eigenvalue weighted by molar-refractivity contribution is -0.899. The smallest absolute Gasteiger partial charge is 0.314 e. The van der Waals surface area contributed by atoms with Gasteiger partial charge in [0.15, 0.2) is 11.7 Å². The molecular weight excluding hydrogens is 306 g/mol. The number of piperidine rings is 1. The Hall–Kier alpha value is -1.66. The number of nitrogens with one attached hydrogen (secondary N) is 2. The van der Waals surface area contributed by atoms with Gasteiger partial charge < -0.3 is 15.0 Å². The maximum Gasteiger partial charge on any atom is 0.314 e. The average Bonchev–Trinajstić information content (AvgIpc) is 2.50. The van der Waals surface area contributed by atoms with Crippen LogP contribution in [0, 0.1) is 5.92 Å². The van der Waals surface area contributed by atoms with Crippen LogP contribution in [-0.2, 0) is 14.3 Å². The molecule has 2 N–H and O–H groups in total. The van der Waals surface area contributed by atoms with Crippen molar-refractivity contribution in [3.05, 3.63) is 23.5 Å². The third-order valence-corrected chi connectivity index (χ3v) is 3.98. The summed E-state index contributed by atoms with van der Waals surface area (Å²) in [6.45, 7) is 4.01. The summed E-state index contributed by atoms with van der Waals surface area (Å²) in [5.41, 5.74) is 0.507. The Bertz CT molecular complexity index is 539. The fourth-order valence-electron chi connectivity index (χ4n) is 2.67. The molecule has 1 unspecified atom stereocenters. The van der Waals surface area contributed by atoms with E-state index in [1.807, 2.05) is 0 Å². The van der Waals surface area contributed by atoms with Crippen LogP contribution in [0.15, 0.2) is 18.3 Å². The third-order valence-electron chi connectivity index (χ3n) is 3.68. The minimum absolute atomic E-state index is 0.113. The Morgan fingerprint density at radius 2 is 2.36 bits per heavy atom. The highest BCUT2D eigenvalue weighted by Gasteiger charge is 2.30. The Morgan fingerprint density at radius 1 is 1.55 bits per heavy atom. The largest absolute Gasteiger partial charge is 0.466 e. The molecule has 1 saturated heterocycles. The first-order valence-corrected chi connectivity index (χ1v) is 7.88. The molecule has 0 aliphatic carbocycles. The van der Waals surface area contributed by atoms with E-state index in [0.29, 0.717) is 25.4 Å². The second-order valence-corrected chi connectivity index (χ2v) is 5.72. The van der Waals surface area contributed by atoms with Crippen molar-refractivity contribution in [3.8, 4) is 0 Å². The van der Waals surface area contributed by atoms with Gasteiger partial charge in [0.25, 0.3) is 5.91 Å². The lowest BCUT2D eigenvalue weighted by atomic mass is 9.98. The number of halogens is 1. The predicted molar refractivity (Wildman–Crippen MR) is 82.8 cm³/mol. The number of carbonyl (C=O) groups excluding carboxylic acids is 2. The molecule has 120 valence electrons. The van der Waals surface area contributed by atoms with Crippen LogP contribution in [0.3, 0.4) is 0 Å². The summed E-state index contributed by atoms with van der Waals surface area (Å²) in [5, 5.41) is 3.03. The van der Waals surface area contributed by atoms with Crippen molar-refractivity contribution in [2.45, 2.75) is 19.8 Å². The van der Waals surface area contributed by atoms with Gasteiger partial charge in [0, 0.05) is 6.20 Å². The summed E-state index contributed by atoms with van der Waals surface area (Å²) in [6, 6.07) is 3.42. The van der Waals surface area contributed by atoms with Gasteiger partial charge >= 0.3 is 5.97 Å². The molecule has 0 radical (unpaired) electrons. The molecule has 0 spiro atoms. The summed E-state index contributed by atoms with van der Waals surface area (Å²) in [7, 11) is 0. The Kier molecular flexibility index (Phi) is 6.15. The first kappa shape index (κ1) is 16.7. The molecule has 1 aromatic heterocycles. The molecule has 0 bridgehead atoms. The van der Waals surface area contributed by atoms with Gasteiger partial charge in [0.1, 0.15) is 5.92 Å². The minimum atomic E-state index is -0.157. The van der Waals surface area contributed by atoms with Crippen LogP contribution in [0.2, 0.25) is 5.15 Å². The minimum Gasteiger partial charge on any atom is -0.466 e. The van der Waals surface area contributed by atoms with Crippen molar-refractivity contribution in [1.82, 2.24) is 4.98 Å². The maximum atomic E-state index is 12.1. The van der Waals surface area contributed by atoms with Gasteiger partial charge in [-0.05, 0) is 31.9 Å². The zero-order valence-electron chi connectivity index (χ0n) is 12.6. The monoisotopic (exact) mass is 326 g/mol. The lowest BCUT2D eigenvalue weighted by Gasteiger charge is -2.28. The van der Waals surface area contributed by atoms with Crippen molar-refractivity contribution >= 4 is 29.2 Å². The maximum absolute atomic E-state index is 12.1. The Balaban J connectivity index is 1.86. The molecule has 1 fully saturated rings. The molecule has 2 rings (SSSR count).